The minimum absolute atomic E-state index is 0. The molecule has 4 aromatic rings. The Labute approximate surface area is 301 Å². The van der Waals surface area contributed by atoms with Crippen molar-refractivity contribution in [3.05, 3.63) is 139 Å². The van der Waals surface area contributed by atoms with Gasteiger partial charge in [0.05, 0.1) is 0 Å². The van der Waals surface area contributed by atoms with Crippen molar-refractivity contribution in [1.29, 1.82) is 0 Å². The summed E-state index contributed by atoms with van der Waals surface area (Å²) in [5, 5.41) is 0. The third kappa shape index (κ3) is 6.55. The molecular formula is C42H44Cl2F3Zr. The van der Waals surface area contributed by atoms with Gasteiger partial charge in [-0.1, -0.05) is 0 Å². The Hall–Kier alpha value is -2.52. The van der Waals surface area contributed by atoms with E-state index in [4.69, 9.17) is 4.21 Å². The molecule has 0 nitrogen and oxygen atoms in total. The van der Waals surface area contributed by atoms with Gasteiger partial charge in [0.15, 0.2) is 0 Å². The van der Waals surface area contributed by atoms with Crippen LogP contribution in [-0.4, -0.2) is 4.21 Å². The van der Waals surface area contributed by atoms with E-state index < -0.39 is 31.5 Å². The summed E-state index contributed by atoms with van der Waals surface area (Å²) in [6.07, 6.45) is -2.04. The van der Waals surface area contributed by atoms with Crippen LogP contribution >= 0.6 is 0 Å². The molecule has 0 spiro atoms. The van der Waals surface area contributed by atoms with Gasteiger partial charge in [-0.25, -0.2) is 0 Å². The monoisotopic (exact) mass is 765 g/mol. The molecule has 0 fully saturated rings. The average molecular weight is 768 g/mol. The topological polar surface area (TPSA) is 0 Å². The number of fused-ring (bicyclic) bond motifs is 3. The standard InChI is InChI=1S/C21H25.C13H13.C7H4F3.CH2.2ClH.Zr/c1-20(2,3)16-9-7-14-11-15-8-10-17(21(4,5)6)13-19(15)18(14)12-16;1-10-8-11(2)13(9-10)12-6-4-3-5-7-12;8-7(9,10)6-4-2-1-3-5-6;;;;/h7-13H,1-6H3;3-7,9-10H,1-2H3;2-5H;1H2;2*1H;/q;;;;;;+2/p-2. The van der Waals surface area contributed by atoms with Crippen molar-refractivity contribution >= 4 is 13.1 Å². The van der Waals surface area contributed by atoms with Gasteiger partial charge in [-0.3, -0.25) is 0 Å². The Bertz CT molecular complexity index is 1870. The molecule has 0 heterocycles. The third-order valence-electron chi connectivity index (χ3n) is 10.2. The number of benzene rings is 4. The van der Waals surface area contributed by atoms with Crippen LogP contribution in [0.1, 0.15) is 92.4 Å². The second kappa shape index (κ2) is 13.3. The van der Waals surface area contributed by atoms with Gasteiger partial charge in [0.1, 0.15) is 0 Å². The zero-order valence-corrected chi connectivity index (χ0v) is 33.0. The summed E-state index contributed by atoms with van der Waals surface area (Å²) < 4.78 is 49.1. The Balaban J connectivity index is 0.00000260. The summed E-state index contributed by atoms with van der Waals surface area (Å²) in [7, 11) is 0. The van der Waals surface area contributed by atoms with E-state index in [1.54, 1.807) is 12.1 Å². The van der Waals surface area contributed by atoms with E-state index in [1.807, 2.05) is 6.07 Å². The maximum absolute atomic E-state index is 13.8. The number of allylic oxidation sites excluding steroid dienone is 4. The van der Waals surface area contributed by atoms with Crippen molar-refractivity contribution in [3.8, 4) is 11.1 Å². The van der Waals surface area contributed by atoms with Gasteiger partial charge in [-0.05, 0) is 0 Å². The van der Waals surface area contributed by atoms with Crippen LogP contribution in [0.15, 0.2) is 106 Å². The van der Waals surface area contributed by atoms with Crippen molar-refractivity contribution in [2.45, 2.75) is 76.0 Å². The molecule has 0 radical (unpaired) electrons. The van der Waals surface area contributed by atoms with Crippen LogP contribution in [-0.2, 0) is 36.8 Å². The Morgan fingerprint density at radius 3 is 1.54 bits per heavy atom. The quantitative estimate of drug-likeness (QED) is 0.265. The molecule has 0 aromatic heterocycles. The first kappa shape index (κ1) is 38.3. The molecule has 6 rings (SSSR count). The first-order valence-electron chi connectivity index (χ1n) is 16.2. The van der Waals surface area contributed by atoms with E-state index in [9.17, 15) is 13.2 Å². The van der Waals surface area contributed by atoms with Crippen molar-refractivity contribution in [3.63, 3.8) is 0 Å². The molecule has 0 amide bonds. The predicted octanol–water partition coefficient (Wildman–Crippen LogP) is 5.30. The fraction of sp³-hybridized carbons (Fsp3) is 0.310. The van der Waals surface area contributed by atoms with Crippen LogP contribution in [0.25, 0.3) is 16.7 Å². The van der Waals surface area contributed by atoms with Crippen molar-refractivity contribution in [2.24, 2.45) is 5.92 Å². The first-order chi connectivity index (χ1) is 21.4. The minimum atomic E-state index is -4.39. The van der Waals surface area contributed by atoms with Crippen LogP contribution in [0.3, 0.4) is 0 Å². The molecule has 0 bridgehead atoms. The minimum Gasteiger partial charge on any atom is -1.00 e. The summed E-state index contributed by atoms with van der Waals surface area (Å²) in [4.78, 5) is 0. The van der Waals surface area contributed by atoms with Crippen LogP contribution in [0, 0.1) is 5.92 Å². The molecule has 0 saturated carbocycles. The average Bonchev–Trinajstić information content (AvgIpc) is 3.49. The molecule has 0 aliphatic heterocycles. The fourth-order valence-electron chi connectivity index (χ4n) is 7.76. The summed E-state index contributed by atoms with van der Waals surface area (Å²) in [5.41, 5.74) is 10.5. The molecule has 4 aromatic carbocycles. The van der Waals surface area contributed by atoms with Crippen molar-refractivity contribution in [1.82, 2.24) is 0 Å². The number of rotatable bonds is 4. The molecule has 0 N–H and O–H groups in total. The Morgan fingerprint density at radius 2 is 1.10 bits per heavy atom. The van der Waals surface area contributed by atoms with Gasteiger partial charge in [0, 0.05) is 0 Å². The first-order valence-corrected chi connectivity index (χ1v) is 21.8. The molecule has 2 unspecified atom stereocenters. The number of alkyl halides is 3. The van der Waals surface area contributed by atoms with Gasteiger partial charge in [0.25, 0.3) is 0 Å². The summed E-state index contributed by atoms with van der Waals surface area (Å²) >= 11 is -4.18. The fourth-order valence-corrected chi connectivity index (χ4v) is 20.0. The van der Waals surface area contributed by atoms with E-state index in [1.165, 1.54) is 65.5 Å². The van der Waals surface area contributed by atoms with Crippen molar-refractivity contribution in [2.75, 3.05) is 0 Å². The summed E-state index contributed by atoms with van der Waals surface area (Å²) in [6, 6.07) is 30.4. The van der Waals surface area contributed by atoms with Gasteiger partial charge in [-0.15, -0.1) is 0 Å². The van der Waals surface area contributed by atoms with E-state index in [0.717, 1.165) is 3.27 Å². The second-order valence-corrected chi connectivity index (χ2v) is 24.3. The summed E-state index contributed by atoms with van der Waals surface area (Å²) in [5.74, 6) is 0.126. The molecule has 2 aliphatic rings. The molecule has 6 heteroatoms. The molecule has 48 heavy (non-hydrogen) atoms. The maximum Gasteiger partial charge on any atom is -1.00 e. The maximum atomic E-state index is 13.8. The Kier molecular flexibility index (Phi) is 10.6. The smallest absolute Gasteiger partial charge is 1.00 e. The van der Waals surface area contributed by atoms with Crippen LogP contribution in [0.5, 0.6) is 0 Å². The van der Waals surface area contributed by atoms with Gasteiger partial charge < -0.3 is 24.8 Å². The Morgan fingerprint density at radius 1 is 0.646 bits per heavy atom. The van der Waals surface area contributed by atoms with E-state index >= 15 is 0 Å². The predicted molar refractivity (Wildman–Crippen MR) is 186 cm³/mol. The third-order valence-corrected chi connectivity index (χ3v) is 21.9. The van der Waals surface area contributed by atoms with Gasteiger partial charge >= 0.3 is 278 Å². The number of hydrogen-bond donors (Lipinski definition) is 0. The van der Waals surface area contributed by atoms with E-state index in [2.05, 4.69) is 122 Å². The summed E-state index contributed by atoms with van der Waals surface area (Å²) in [6.45, 7) is 17.9. The van der Waals surface area contributed by atoms with E-state index in [0.29, 0.717) is 0 Å². The van der Waals surface area contributed by atoms with Crippen LogP contribution in [0.2, 0.25) is 0 Å². The van der Waals surface area contributed by atoms with Gasteiger partial charge in [-0.2, -0.15) is 0 Å². The normalized spacial score (nSPS) is 16.9. The SMILES string of the molecule is [CH2]=[Zr+2]([C]1=C(C)C(c2ccccc2)=CC1C)([c]1ccc(C(F)(F)F)cc1)[CH]1c2ccc(C(C)(C)C)cc2-c2cc(C(C)(C)C)ccc21.[Cl-].[Cl-]. The molecule has 2 aliphatic carbocycles. The van der Waals surface area contributed by atoms with E-state index in [-0.39, 0.29) is 45.2 Å². The van der Waals surface area contributed by atoms with Crippen LogP contribution in [0.4, 0.5) is 13.2 Å². The van der Waals surface area contributed by atoms with Gasteiger partial charge in [0.2, 0.25) is 0 Å². The zero-order chi connectivity index (χ0) is 33.4. The molecular weight excluding hydrogens is 724 g/mol. The number of hydrogen-bond acceptors (Lipinski definition) is 0. The second-order valence-electron chi connectivity index (χ2n) is 15.4. The molecule has 0 saturated heterocycles. The molecule has 251 valence electrons. The zero-order valence-electron chi connectivity index (χ0n) is 29.0. The molecule has 2 atom stereocenters. The number of halogens is 5. The van der Waals surface area contributed by atoms with Crippen molar-refractivity contribution < 1.29 is 57.8 Å². The van der Waals surface area contributed by atoms with Crippen LogP contribution < -0.4 is 28.1 Å². The largest absolute Gasteiger partial charge is 1.00 e.